The lowest BCUT2D eigenvalue weighted by Gasteiger charge is -2.43. The molecule has 12 nitrogen and oxygen atoms in total. The van der Waals surface area contributed by atoms with Crippen molar-refractivity contribution in [2.45, 2.75) is 38.8 Å². The van der Waals surface area contributed by atoms with Crippen LogP contribution in [0.1, 0.15) is 60.9 Å². The maximum absolute atomic E-state index is 13.8. The molecular formula is C30H51ClN4O8P2. The normalized spacial score (nSPS) is 27.6. The summed E-state index contributed by atoms with van der Waals surface area (Å²) in [5.74, 6) is 0. The van der Waals surface area contributed by atoms with E-state index in [1.807, 2.05) is 67.6 Å². The molecule has 4 unspecified atom stereocenters. The van der Waals surface area contributed by atoms with Crippen LogP contribution in [0, 0.1) is 0 Å². The topological polar surface area (TPSA) is 155 Å². The van der Waals surface area contributed by atoms with E-state index in [-0.39, 0.29) is 12.6 Å². The highest BCUT2D eigenvalue weighted by atomic mass is 35.7. The number of nitrogens with zero attached hydrogens (tertiary/aromatic N) is 3. The van der Waals surface area contributed by atoms with E-state index in [0.717, 1.165) is 24.1 Å². The minimum atomic E-state index is -4.23. The van der Waals surface area contributed by atoms with Crippen LogP contribution in [0.5, 0.6) is 0 Å². The Balaban J connectivity index is 0.000000306. The van der Waals surface area contributed by atoms with E-state index in [9.17, 15) is 19.3 Å². The molecule has 0 radical (unpaired) electrons. The molecule has 0 aromatic heterocycles. The minimum absolute atomic E-state index is 0.0184. The Labute approximate surface area is 284 Å². The van der Waals surface area contributed by atoms with E-state index in [4.69, 9.17) is 41.5 Å². The zero-order valence-electron chi connectivity index (χ0n) is 33.5. The van der Waals surface area contributed by atoms with E-state index < -0.39 is 73.0 Å². The van der Waals surface area contributed by atoms with Crippen molar-refractivity contribution in [1.29, 1.82) is 0 Å². The highest BCUT2D eigenvalue weighted by Crippen LogP contribution is 2.61. The second-order valence-electron chi connectivity index (χ2n) is 9.55. The molecular weight excluding hydrogens is 642 g/mol. The number of rotatable bonds is 13. The maximum Gasteiger partial charge on any atom is 0.363 e. The lowest BCUT2D eigenvalue weighted by atomic mass is 10.1. The molecule has 0 aliphatic carbocycles. The average Bonchev–Trinajstić information content (AvgIpc) is 3.11. The van der Waals surface area contributed by atoms with Crippen LogP contribution in [-0.2, 0) is 18.2 Å². The van der Waals surface area contributed by atoms with E-state index in [1.54, 1.807) is 16.9 Å². The van der Waals surface area contributed by atoms with Crippen molar-refractivity contribution in [2.75, 3.05) is 78.7 Å². The van der Waals surface area contributed by atoms with Gasteiger partial charge in [0.25, 0.3) is 0 Å². The van der Waals surface area contributed by atoms with Crippen LogP contribution in [0.3, 0.4) is 0 Å². The maximum atomic E-state index is 13.8. The molecule has 2 aromatic carbocycles. The lowest BCUT2D eigenvalue weighted by molar-refractivity contribution is 0.126. The van der Waals surface area contributed by atoms with Gasteiger partial charge in [-0.1, -0.05) is 60.7 Å². The van der Waals surface area contributed by atoms with Crippen molar-refractivity contribution in [1.82, 2.24) is 19.3 Å². The van der Waals surface area contributed by atoms with Crippen LogP contribution in [0.25, 0.3) is 0 Å². The summed E-state index contributed by atoms with van der Waals surface area (Å²) in [5.41, 5.74) is 1.92. The van der Waals surface area contributed by atoms with Crippen LogP contribution < -0.4 is 5.32 Å². The fourth-order valence-electron chi connectivity index (χ4n) is 4.51. The number of benzene rings is 2. The molecule has 4 rings (SSSR count). The SMILES string of the molecule is CC(c1ccccc1)N1CCCOP1(=O)Cl.[3H]C([3H])(CO)N(C([3H])([3H])CO)P1(=O)OCCCN1C(C)c1ccccc1.[3H]C([3H])(CO)NC([3H])([3H])CO. The minimum Gasteiger partial charge on any atom is -0.395 e. The summed E-state index contributed by atoms with van der Waals surface area (Å²) < 4.78 is 99.6. The molecule has 2 saturated heterocycles. The molecule has 2 aliphatic heterocycles. The van der Waals surface area contributed by atoms with Crippen LogP contribution in [0.4, 0.5) is 0 Å². The Bertz CT molecular complexity index is 1470. The fraction of sp³-hybridized carbons (Fsp3) is 0.600. The molecule has 4 atom stereocenters. The molecule has 0 spiro atoms. The Morgan fingerprint density at radius 3 is 1.69 bits per heavy atom. The van der Waals surface area contributed by atoms with Crippen molar-refractivity contribution >= 4 is 25.8 Å². The first-order valence-electron chi connectivity index (χ1n) is 18.4. The van der Waals surface area contributed by atoms with Gasteiger partial charge in [-0.05, 0) is 49.1 Å². The number of aliphatic hydroxyl groups is 4. The molecule has 2 aliphatic rings. The van der Waals surface area contributed by atoms with E-state index in [0.29, 0.717) is 24.2 Å². The van der Waals surface area contributed by atoms with Gasteiger partial charge in [0.15, 0.2) is 0 Å². The predicted octanol–water partition coefficient (Wildman–Crippen LogP) is 4.24. The third-order valence-electron chi connectivity index (χ3n) is 6.69. The smallest absolute Gasteiger partial charge is 0.363 e. The highest BCUT2D eigenvalue weighted by molar-refractivity contribution is 7.83. The third kappa shape index (κ3) is 12.7. The second kappa shape index (κ2) is 21.6. The largest absolute Gasteiger partial charge is 0.395 e. The van der Waals surface area contributed by atoms with Gasteiger partial charge >= 0.3 is 14.5 Å². The first-order valence-corrected chi connectivity index (χ1v) is 18.4. The van der Waals surface area contributed by atoms with Gasteiger partial charge in [-0.15, -0.1) is 0 Å². The monoisotopic (exact) mass is 708 g/mol. The number of aliphatic hydroxyl groups excluding tert-OH is 4. The van der Waals surface area contributed by atoms with Gasteiger partial charge < -0.3 is 34.8 Å². The standard InChI is InChI=1S/C15H25N2O4P.C11H15ClNO2P.C4H11NO2/c1-14(15-6-3-2-4-7-15)17-8-5-13-21-22(17,20)16(9-11-18)10-12-19;1-10(11-6-3-2-4-7-11)13-8-5-9-15-16(13,12)14;6-3-1-5-2-4-7/h2-4,6-7,14,18-19H,5,8-13H2,1H3;2-4,6-7,10H,5,8-9H2,1H3;5-7H,1-4H2/i9T2,10T2;;1T2,2T2. The molecule has 2 fully saturated rings. The van der Waals surface area contributed by atoms with Crippen LogP contribution >= 0.6 is 25.8 Å². The van der Waals surface area contributed by atoms with Crippen molar-refractivity contribution in [2.24, 2.45) is 0 Å². The highest BCUT2D eigenvalue weighted by Gasteiger charge is 2.43. The third-order valence-corrected chi connectivity index (χ3v) is 11.7. The van der Waals surface area contributed by atoms with Crippen LogP contribution in [0.2, 0.25) is 0 Å². The van der Waals surface area contributed by atoms with Crippen molar-refractivity contribution in [3.05, 3.63) is 71.8 Å². The van der Waals surface area contributed by atoms with Gasteiger partial charge in [-0.2, -0.15) is 0 Å². The Hall–Kier alpha value is -1.21. The van der Waals surface area contributed by atoms with Crippen molar-refractivity contribution in [3.8, 4) is 0 Å². The predicted molar refractivity (Wildman–Crippen MR) is 178 cm³/mol. The van der Waals surface area contributed by atoms with Crippen molar-refractivity contribution < 1.29 is 49.6 Å². The quantitative estimate of drug-likeness (QED) is 0.189. The molecule has 5 N–H and O–H groups in total. The summed E-state index contributed by atoms with van der Waals surface area (Å²) in [4.78, 5) is 0. The molecule has 2 heterocycles. The van der Waals surface area contributed by atoms with Gasteiger partial charge in [-0.25, -0.2) is 14.0 Å². The fourth-order valence-corrected chi connectivity index (χ4v) is 9.08. The van der Waals surface area contributed by atoms with Crippen LogP contribution in [0.15, 0.2) is 60.7 Å². The second-order valence-corrected chi connectivity index (χ2v) is 14.7. The Kier molecular flexibility index (Phi) is 13.8. The summed E-state index contributed by atoms with van der Waals surface area (Å²) in [5, 5.41) is 37.4. The van der Waals surface area contributed by atoms with Gasteiger partial charge in [-0.3, -0.25) is 9.13 Å². The lowest BCUT2D eigenvalue weighted by Crippen LogP contribution is -2.40. The molecule has 256 valence electrons. The van der Waals surface area contributed by atoms with Crippen LogP contribution in [-0.4, -0.2) is 113 Å². The number of hydrogen-bond acceptors (Lipinski definition) is 9. The molecule has 15 heteroatoms. The Morgan fingerprint density at radius 2 is 1.24 bits per heavy atom. The summed E-state index contributed by atoms with van der Waals surface area (Å²) in [6.45, 7) is -11.5. The Morgan fingerprint density at radius 1 is 0.800 bits per heavy atom. The van der Waals surface area contributed by atoms with Gasteiger partial charge in [0.05, 0.1) is 39.6 Å². The van der Waals surface area contributed by atoms with Gasteiger partial charge in [0.1, 0.15) is 0 Å². The van der Waals surface area contributed by atoms with E-state index in [2.05, 4.69) is 0 Å². The molecule has 0 bridgehead atoms. The average molecular weight is 709 g/mol. The molecule has 45 heavy (non-hydrogen) atoms. The number of nitrogens with one attached hydrogen (secondary N) is 1. The first kappa shape index (κ1) is 28.8. The van der Waals surface area contributed by atoms with E-state index >= 15 is 0 Å². The summed E-state index contributed by atoms with van der Waals surface area (Å²) >= 11 is 5.94. The zero-order valence-corrected chi connectivity index (χ0v) is 28.1. The van der Waals surface area contributed by atoms with E-state index in [1.165, 1.54) is 4.67 Å². The van der Waals surface area contributed by atoms with Gasteiger partial charge in [0, 0.05) is 62.1 Å². The molecule has 0 amide bonds. The zero-order chi connectivity index (χ0) is 40.3. The summed E-state index contributed by atoms with van der Waals surface area (Å²) in [7, 11) is -4.23. The molecule has 0 saturated carbocycles. The summed E-state index contributed by atoms with van der Waals surface area (Å²) in [6.07, 6.45) is 1.41. The molecule has 2 aromatic rings. The summed E-state index contributed by atoms with van der Waals surface area (Å²) in [6, 6.07) is 18.6. The number of hydrogen-bond donors (Lipinski definition) is 5. The first-order chi connectivity index (χ1) is 24.5. The number of halogens is 1. The van der Waals surface area contributed by atoms with Gasteiger partial charge in [0.2, 0.25) is 0 Å². The van der Waals surface area contributed by atoms with Crippen molar-refractivity contribution in [3.63, 3.8) is 0 Å².